The minimum atomic E-state index is 0.558. The average molecular weight is 276 g/mol. The fraction of sp³-hybridized carbons (Fsp3) is 1.00. The molecule has 2 saturated heterocycles. The number of hydrogen-bond acceptors (Lipinski definition) is 2. The molecule has 0 amide bonds. The van der Waals surface area contributed by atoms with Crippen LogP contribution in [0.1, 0.15) is 38.5 Å². The number of likely N-dealkylation sites (tertiary alicyclic amines) is 1. The average Bonchev–Trinajstić information content (AvgIpc) is 2.79. The van der Waals surface area contributed by atoms with Gasteiger partial charge in [0.15, 0.2) is 0 Å². The molecule has 3 heteroatoms. The first-order chi connectivity index (χ1) is 7.40. The van der Waals surface area contributed by atoms with Crippen LogP contribution in [0.5, 0.6) is 0 Å². The first-order valence-corrected chi connectivity index (χ1v) is 7.44. The standard InChI is InChI=1S/C12H22BrNO/c13-10-11-4-1-2-7-14(11)8-6-12-5-3-9-15-12/h11-12H,1-10H2. The second kappa shape index (κ2) is 6.21. The molecule has 0 aromatic rings. The van der Waals surface area contributed by atoms with Crippen molar-refractivity contribution < 1.29 is 4.74 Å². The molecule has 2 fully saturated rings. The monoisotopic (exact) mass is 275 g/mol. The van der Waals surface area contributed by atoms with Crippen molar-refractivity contribution in [2.45, 2.75) is 50.7 Å². The van der Waals surface area contributed by atoms with Crippen LogP contribution in [0.4, 0.5) is 0 Å². The van der Waals surface area contributed by atoms with Gasteiger partial charge in [-0.05, 0) is 38.6 Å². The van der Waals surface area contributed by atoms with Crippen LogP contribution in [0.25, 0.3) is 0 Å². The van der Waals surface area contributed by atoms with Crippen LogP contribution in [0.2, 0.25) is 0 Å². The lowest BCUT2D eigenvalue weighted by Crippen LogP contribution is -2.41. The lowest BCUT2D eigenvalue weighted by molar-refractivity contribution is 0.0793. The summed E-state index contributed by atoms with van der Waals surface area (Å²) < 4.78 is 5.67. The normalized spacial score (nSPS) is 33.4. The van der Waals surface area contributed by atoms with Crippen molar-refractivity contribution in [3.8, 4) is 0 Å². The summed E-state index contributed by atoms with van der Waals surface area (Å²) in [4.78, 5) is 2.65. The maximum atomic E-state index is 5.67. The number of nitrogens with zero attached hydrogens (tertiary/aromatic N) is 1. The molecule has 2 aliphatic rings. The molecule has 0 saturated carbocycles. The van der Waals surface area contributed by atoms with Gasteiger partial charge in [0, 0.05) is 24.5 Å². The Balaban J connectivity index is 1.71. The zero-order valence-corrected chi connectivity index (χ0v) is 11.0. The van der Waals surface area contributed by atoms with E-state index in [4.69, 9.17) is 4.74 Å². The van der Waals surface area contributed by atoms with Crippen molar-refractivity contribution in [1.29, 1.82) is 0 Å². The molecule has 0 spiro atoms. The van der Waals surface area contributed by atoms with Crippen molar-refractivity contribution in [2.24, 2.45) is 0 Å². The number of alkyl halides is 1. The number of halogens is 1. The van der Waals surface area contributed by atoms with E-state index in [1.807, 2.05) is 0 Å². The van der Waals surface area contributed by atoms with Crippen LogP contribution in [-0.2, 0) is 4.74 Å². The minimum absolute atomic E-state index is 0.558. The molecule has 2 heterocycles. The highest BCUT2D eigenvalue weighted by Crippen LogP contribution is 2.21. The third-order valence-electron chi connectivity index (χ3n) is 3.69. The minimum Gasteiger partial charge on any atom is -0.378 e. The Kier molecular flexibility index (Phi) is 4.92. The van der Waals surface area contributed by atoms with E-state index in [9.17, 15) is 0 Å². The predicted octanol–water partition coefficient (Wildman–Crippen LogP) is 2.80. The van der Waals surface area contributed by atoms with E-state index in [0.29, 0.717) is 6.10 Å². The molecule has 0 aromatic carbocycles. The van der Waals surface area contributed by atoms with E-state index < -0.39 is 0 Å². The maximum Gasteiger partial charge on any atom is 0.0588 e. The van der Waals surface area contributed by atoms with Crippen LogP contribution in [-0.4, -0.2) is 42.1 Å². The molecule has 0 aliphatic carbocycles. The highest BCUT2D eigenvalue weighted by Gasteiger charge is 2.23. The molecule has 0 bridgehead atoms. The predicted molar refractivity (Wildman–Crippen MR) is 66.6 cm³/mol. The summed E-state index contributed by atoms with van der Waals surface area (Å²) in [7, 11) is 0. The van der Waals surface area contributed by atoms with Crippen molar-refractivity contribution in [2.75, 3.05) is 25.0 Å². The van der Waals surface area contributed by atoms with E-state index in [2.05, 4.69) is 20.8 Å². The Morgan fingerprint density at radius 2 is 2.13 bits per heavy atom. The van der Waals surface area contributed by atoms with Gasteiger partial charge in [-0.2, -0.15) is 0 Å². The van der Waals surface area contributed by atoms with Crippen molar-refractivity contribution in [3.63, 3.8) is 0 Å². The van der Waals surface area contributed by atoms with Gasteiger partial charge in [0.2, 0.25) is 0 Å². The van der Waals surface area contributed by atoms with Gasteiger partial charge in [-0.3, -0.25) is 4.90 Å². The summed E-state index contributed by atoms with van der Waals surface area (Å²) in [6.45, 7) is 3.52. The van der Waals surface area contributed by atoms with Crippen molar-refractivity contribution in [3.05, 3.63) is 0 Å². The highest BCUT2D eigenvalue weighted by molar-refractivity contribution is 9.09. The van der Waals surface area contributed by atoms with Gasteiger partial charge >= 0.3 is 0 Å². The zero-order valence-electron chi connectivity index (χ0n) is 9.46. The van der Waals surface area contributed by atoms with Gasteiger partial charge in [-0.25, -0.2) is 0 Å². The molecule has 2 atom stereocenters. The summed E-state index contributed by atoms with van der Waals surface area (Å²) in [5, 5.41) is 1.14. The van der Waals surface area contributed by atoms with E-state index in [1.165, 1.54) is 51.6 Å². The fourth-order valence-corrected chi connectivity index (χ4v) is 3.44. The molecule has 0 radical (unpaired) electrons. The van der Waals surface area contributed by atoms with Gasteiger partial charge in [-0.15, -0.1) is 0 Å². The quantitative estimate of drug-likeness (QED) is 0.732. The molecule has 15 heavy (non-hydrogen) atoms. The van der Waals surface area contributed by atoms with Gasteiger partial charge < -0.3 is 4.74 Å². The number of ether oxygens (including phenoxy) is 1. The molecule has 2 aliphatic heterocycles. The van der Waals surface area contributed by atoms with Crippen LogP contribution in [0, 0.1) is 0 Å². The van der Waals surface area contributed by atoms with Gasteiger partial charge in [0.1, 0.15) is 0 Å². The lowest BCUT2D eigenvalue weighted by Gasteiger charge is -2.35. The van der Waals surface area contributed by atoms with Gasteiger partial charge in [0.25, 0.3) is 0 Å². The Morgan fingerprint density at radius 1 is 1.20 bits per heavy atom. The van der Waals surface area contributed by atoms with Gasteiger partial charge in [0.05, 0.1) is 6.10 Å². The fourth-order valence-electron chi connectivity index (χ4n) is 2.71. The molecule has 0 aromatic heterocycles. The smallest absolute Gasteiger partial charge is 0.0588 e. The molecule has 88 valence electrons. The van der Waals surface area contributed by atoms with E-state index in [-0.39, 0.29) is 0 Å². The number of hydrogen-bond donors (Lipinski definition) is 0. The van der Waals surface area contributed by atoms with E-state index >= 15 is 0 Å². The second-order valence-corrected chi connectivity index (χ2v) is 5.41. The van der Waals surface area contributed by atoms with E-state index in [1.54, 1.807) is 0 Å². The summed E-state index contributed by atoms with van der Waals surface area (Å²) in [6, 6.07) is 0.778. The molecule has 2 rings (SSSR count). The Hall–Kier alpha value is 0.400. The third kappa shape index (κ3) is 3.43. The molecule has 0 N–H and O–H groups in total. The summed E-state index contributed by atoms with van der Waals surface area (Å²) >= 11 is 3.63. The lowest BCUT2D eigenvalue weighted by atomic mass is 10.0. The van der Waals surface area contributed by atoms with E-state index in [0.717, 1.165) is 18.0 Å². The van der Waals surface area contributed by atoms with Crippen LogP contribution >= 0.6 is 15.9 Å². The largest absolute Gasteiger partial charge is 0.378 e. The van der Waals surface area contributed by atoms with Crippen LogP contribution < -0.4 is 0 Å². The first-order valence-electron chi connectivity index (χ1n) is 6.32. The number of rotatable bonds is 4. The van der Waals surface area contributed by atoms with Crippen molar-refractivity contribution in [1.82, 2.24) is 4.90 Å². The van der Waals surface area contributed by atoms with Crippen LogP contribution in [0.15, 0.2) is 0 Å². The van der Waals surface area contributed by atoms with Gasteiger partial charge in [-0.1, -0.05) is 22.4 Å². The molecule has 2 nitrogen and oxygen atoms in total. The second-order valence-electron chi connectivity index (χ2n) is 4.76. The van der Waals surface area contributed by atoms with Crippen LogP contribution in [0.3, 0.4) is 0 Å². The summed E-state index contributed by atoms with van der Waals surface area (Å²) in [6.07, 6.45) is 8.52. The highest BCUT2D eigenvalue weighted by atomic mass is 79.9. The number of piperidine rings is 1. The first kappa shape index (κ1) is 11.9. The Labute approximate surface area is 101 Å². The molecular weight excluding hydrogens is 254 g/mol. The maximum absolute atomic E-state index is 5.67. The SMILES string of the molecule is BrCC1CCCCN1CCC1CCCO1. The Morgan fingerprint density at radius 3 is 2.87 bits per heavy atom. The summed E-state index contributed by atoms with van der Waals surface area (Å²) in [5.74, 6) is 0. The topological polar surface area (TPSA) is 12.5 Å². The van der Waals surface area contributed by atoms with Crippen molar-refractivity contribution >= 4 is 15.9 Å². The molecule has 2 unspecified atom stereocenters. The summed E-state index contributed by atoms with van der Waals surface area (Å²) in [5.41, 5.74) is 0. The zero-order chi connectivity index (χ0) is 10.5. The molecular formula is C12H22BrNO. The Bertz CT molecular complexity index is 182. The third-order valence-corrected chi connectivity index (χ3v) is 4.44.